The molecule has 3 unspecified atom stereocenters. The van der Waals surface area contributed by atoms with Gasteiger partial charge < -0.3 is 10.1 Å². The van der Waals surface area contributed by atoms with E-state index < -0.39 is 0 Å². The normalized spacial score (nSPS) is 23.5. The van der Waals surface area contributed by atoms with Crippen LogP contribution in [0.3, 0.4) is 0 Å². The molecular formula is C23H25NO. The van der Waals surface area contributed by atoms with Crippen molar-refractivity contribution in [2.24, 2.45) is 5.92 Å². The van der Waals surface area contributed by atoms with Gasteiger partial charge in [-0.15, -0.1) is 0 Å². The van der Waals surface area contributed by atoms with Gasteiger partial charge in [0.15, 0.2) is 0 Å². The highest BCUT2D eigenvalue weighted by atomic mass is 16.5. The standard InChI is InChI=1S/C23H25NO/c1-15(2)14-25-21-13-7-12-20-18-10-6-11-19(18)22(24-23(20)21)17-9-5-4-8-16(17)3/h4-10,12-13,18-19,22,24H,1,11,14H2,2-3H3. The van der Waals surface area contributed by atoms with Crippen LogP contribution in [0.5, 0.6) is 5.75 Å². The summed E-state index contributed by atoms with van der Waals surface area (Å²) in [5.74, 6) is 1.94. The molecule has 1 aliphatic heterocycles. The first-order chi connectivity index (χ1) is 12.1. The van der Waals surface area contributed by atoms with E-state index in [0.29, 0.717) is 24.5 Å². The number of allylic oxidation sites excluding steroid dienone is 2. The first-order valence-electron chi connectivity index (χ1n) is 9.04. The molecule has 0 bridgehead atoms. The smallest absolute Gasteiger partial charge is 0.143 e. The topological polar surface area (TPSA) is 21.3 Å². The maximum Gasteiger partial charge on any atom is 0.143 e. The maximum atomic E-state index is 6.04. The fourth-order valence-corrected chi connectivity index (χ4v) is 4.16. The molecule has 2 heteroatoms. The van der Waals surface area contributed by atoms with Crippen molar-refractivity contribution in [3.05, 3.63) is 83.5 Å². The predicted molar refractivity (Wildman–Crippen MR) is 104 cm³/mol. The third-order valence-electron chi connectivity index (χ3n) is 5.36. The van der Waals surface area contributed by atoms with Gasteiger partial charge in [-0.25, -0.2) is 0 Å². The number of nitrogens with one attached hydrogen (secondary N) is 1. The third-order valence-corrected chi connectivity index (χ3v) is 5.36. The van der Waals surface area contributed by atoms with Gasteiger partial charge >= 0.3 is 0 Å². The predicted octanol–water partition coefficient (Wildman–Crippen LogP) is 5.78. The van der Waals surface area contributed by atoms with Gasteiger partial charge in [0, 0.05) is 5.92 Å². The van der Waals surface area contributed by atoms with E-state index in [1.165, 1.54) is 16.7 Å². The Morgan fingerprint density at radius 3 is 2.76 bits per heavy atom. The number of rotatable bonds is 4. The van der Waals surface area contributed by atoms with Gasteiger partial charge in [0.2, 0.25) is 0 Å². The van der Waals surface area contributed by atoms with Crippen LogP contribution in [-0.4, -0.2) is 6.61 Å². The van der Waals surface area contributed by atoms with Gasteiger partial charge in [-0.3, -0.25) is 0 Å². The highest BCUT2D eigenvalue weighted by Gasteiger charge is 2.39. The minimum absolute atomic E-state index is 0.309. The third kappa shape index (κ3) is 2.86. The zero-order chi connectivity index (χ0) is 17.4. The van der Waals surface area contributed by atoms with Crippen molar-refractivity contribution < 1.29 is 4.74 Å². The lowest BCUT2D eigenvalue weighted by Crippen LogP contribution is -2.30. The second-order valence-electron chi connectivity index (χ2n) is 7.30. The van der Waals surface area contributed by atoms with Gasteiger partial charge in [-0.05, 0) is 54.5 Å². The molecule has 4 rings (SSSR count). The molecule has 25 heavy (non-hydrogen) atoms. The number of benzene rings is 2. The molecule has 0 saturated carbocycles. The Labute approximate surface area is 150 Å². The number of hydrogen-bond acceptors (Lipinski definition) is 2. The summed E-state index contributed by atoms with van der Waals surface area (Å²) < 4.78 is 6.04. The molecule has 0 radical (unpaired) electrons. The highest BCUT2D eigenvalue weighted by Crippen LogP contribution is 2.52. The van der Waals surface area contributed by atoms with E-state index in [1.54, 1.807) is 0 Å². The van der Waals surface area contributed by atoms with Crippen LogP contribution in [-0.2, 0) is 0 Å². The van der Waals surface area contributed by atoms with E-state index in [1.807, 2.05) is 6.92 Å². The largest absolute Gasteiger partial charge is 0.487 e. The van der Waals surface area contributed by atoms with Gasteiger partial charge in [0.25, 0.3) is 0 Å². The van der Waals surface area contributed by atoms with Gasteiger partial charge in [-0.2, -0.15) is 0 Å². The Balaban J connectivity index is 1.76. The molecule has 2 aromatic rings. The quantitative estimate of drug-likeness (QED) is 0.717. The van der Waals surface area contributed by atoms with Crippen LogP contribution >= 0.6 is 0 Å². The molecule has 0 spiro atoms. The minimum Gasteiger partial charge on any atom is -0.487 e. The molecule has 0 saturated heterocycles. The van der Waals surface area contributed by atoms with Crippen LogP contribution in [0, 0.1) is 12.8 Å². The summed E-state index contributed by atoms with van der Waals surface area (Å²) in [5.41, 5.74) is 6.26. The summed E-state index contributed by atoms with van der Waals surface area (Å²) in [4.78, 5) is 0. The van der Waals surface area contributed by atoms with Crippen molar-refractivity contribution in [2.75, 3.05) is 11.9 Å². The number of aryl methyl sites for hydroxylation is 1. The summed E-state index contributed by atoms with van der Waals surface area (Å²) in [7, 11) is 0. The molecule has 0 amide bonds. The van der Waals surface area contributed by atoms with Crippen molar-refractivity contribution >= 4 is 5.69 Å². The van der Waals surface area contributed by atoms with Crippen molar-refractivity contribution in [3.8, 4) is 5.75 Å². The van der Waals surface area contributed by atoms with E-state index >= 15 is 0 Å². The summed E-state index contributed by atoms with van der Waals surface area (Å²) in [6, 6.07) is 15.4. The summed E-state index contributed by atoms with van der Waals surface area (Å²) in [6.45, 7) is 8.70. The van der Waals surface area contributed by atoms with Crippen LogP contribution in [0.4, 0.5) is 5.69 Å². The highest BCUT2D eigenvalue weighted by molar-refractivity contribution is 5.68. The SMILES string of the molecule is C=C(C)COc1cccc2c1NC(c1ccccc1C)C1CC=CC21. The summed E-state index contributed by atoms with van der Waals surface area (Å²) in [5, 5.41) is 3.82. The molecule has 0 fully saturated rings. The summed E-state index contributed by atoms with van der Waals surface area (Å²) in [6.07, 6.45) is 5.82. The molecule has 0 aromatic heterocycles. The molecule has 1 heterocycles. The average Bonchev–Trinajstić information content (AvgIpc) is 3.10. The Kier molecular flexibility index (Phi) is 4.12. The van der Waals surface area contributed by atoms with E-state index in [0.717, 1.165) is 23.4 Å². The zero-order valence-electron chi connectivity index (χ0n) is 15.0. The number of anilines is 1. The number of hydrogen-bond donors (Lipinski definition) is 1. The summed E-state index contributed by atoms with van der Waals surface area (Å²) >= 11 is 0. The first-order valence-corrected chi connectivity index (χ1v) is 9.04. The number of fused-ring (bicyclic) bond motifs is 3. The Bertz CT molecular complexity index is 836. The van der Waals surface area contributed by atoms with Crippen molar-refractivity contribution in [3.63, 3.8) is 0 Å². The average molecular weight is 331 g/mol. The molecule has 3 atom stereocenters. The van der Waals surface area contributed by atoms with E-state index in [9.17, 15) is 0 Å². The van der Waals surface area contributed by atoms with Gasteiger partial charge in [0.1, 0.15) is 12.4 Å². The van der Waals surface area contributed by atoms with E-state index in [2.05, 4.69) is 73.4 Å². The number of para-hydroxylation sites is 1. The Hall–Kier alpha value is -2.48. The first kappa shape index (κ1) is 16.0. The van der Waals surface area contributed by atoms with Crippen LogP contribution in [0.1, 0.15) is 42.0 Å². The lowest BCUT2D eigenvalue weighted by molar-refractivity contribution is 0.348. The fraction of sp³-hybridized carbons (Fsp3) is 0.304. The zero-order valence-corrected chi connectivity index (χ0v) is 15.0. The Morgan fingerprint density at radius 2 is 1.96 bits per heavy atom. The number of ether oxygens (including phenoxy) is 1. The van der Waals surface area contributed by atoms with Crippen molar-refractivity contribution in [1.82, 2.24) is 0 Å². The lowest BCUT2D eigenvalue weighted by Gasteiger charge is -2.38. The van der Waals surface area contributed by atoms with E-state index in [-0.39, 0.29) is 0 Å². The molecular weight excluding hydrogens is 306 g/mol. The maximum absolute atomic E-state index is 6.04. The molecule has 1 N–H and O–H groups in total. The second kappa shape index (κ2) is 6.44. The lowest BCUT2D eigenvalue weighted by atomic mass is 9.76. The molecule has 1 aliphatic carbocycles. The van der Waals surface area contributed by atoms with Crippen LogP contribution in [0.15, 0.2) is 66.8 Å². The van der Waals surface area contributed by atoms with Crippen LogP contribution < -0.4 is 10.1 Å². The van der Waals surface area contributed by atoms with E-state index in [4.69, 9.17) is 4.74 Å². The Morgan fingerprint density at radius 1 is 1.16 bits per heavy atom. The molecule has 128 valence electrons. The minimum atomic E-state index is 0.309. The fourth-order valence-electron chi connectivity index (χ4n) is 4.16. The van der Waals surface area contributed by atoms with Crippen molar-refractivity contribution in [2.45, 2.75) is 32.2 Å². The van der Waals surface area contributed by atoms with Gasteiger partial charge in [-0.1, -0.05) is 55.1 Å². The molecule has 2 aromatic carbocycles. The van der Waals surface area contributed by atoms with Crippen molar-refractivity contribution in [1.29, 1.82) is 0 Å². The molecule has 2 aliphatic rings. The molecule has 2 nitrogen and oxygen atoms in total. The monoisotopic (exact) mass is 331 g/mol. The van der Waals surface area contributed by atoms with Crippen LogP contribution in [0.25, 0.3) is 0 Å². The van der Waals surface area contributed by atoms with Gasteiger partial charge in [0.05, 0.1) is 11.7 Å². The second-order valence-corrected chi connectivity index (χ2v) is 7.30. The van der Waals surface area contributed by atoms with Crippen LogP contribution in [0.2, 0.25) is 0 Å².